The average Bonchev–Trinajstić information content (AvgIpc) is 3.01. The van der Waals surface area contributed by atoms with E-state index in [1.54, 1.807) is 0 Å². The maximum atomic E-state index is 12.5. The van der Waals surface area contributed by atoms with E-state index in [2.05, 4.69) is 28.1 Å². The Morgan fingerprint density at radius 3 is 2.71 bits per heavy atom. The molecular weight excluding hydrogens is 282 g/mol. The SMILES string of the molecule is CCN(CC)CC(=O)c1sc2nc3ccccc3n2c1C. The largest absolute Gasteiger partial charge is 0.296 e. The molecule has 0 unspecified atom stereocenters. The number of thiazole rings is 1. The molecule has 2 heterocycles. The number of nitrogens with zero attached hydrogens (tertiary/aromatic N) is 3. The number of carbonyl (C=O) groups is 1. The predicted molar refractivity (Wildman–Crippen MR) is 87.4 cm³/mol. The monoisotopic (exact) mass is 301 g/mol. The molecule has 0 N–H and O–H groups in total. The molecule has 21 heavy (non-hydrogen) atoms. The second kappa shape index (κ2) is 5.58. The number of para-hydroxylation sites is 2. The van der Waals surface area contributed by atoms with Gasteiger partial charge in [-0.3, -0.25) is 14.1 Å². The molecule has 1 aromatic carbocycles. The first-order valence-corrected chi connectivity index (χ1v) is 8.09. The van der Waals surface area contributed by atoms with Crippen molar-refractivity contribution >= 4 is 33.1 Å². The van der Waals surface area contributed by atoms with Gasteiger partial charge in [0.15, 0.2) is 10.7 Å². The maximum absolute atomic E-state index is 12.5. The molecule has 0 spiro atoms. The molecule has 0 saturated heterocycles. The van der Waals surface area contributed by atoms with Gasteiger partial charge in [0.05, 0.1) is 22.5 Å². The zero-order valence-electron chi connectivity index (χ0n) is 12.6. The first-order valence-electron chi connectivity index (χ1n) is 7.27. The summed E-state index contributed by atoms with van der Waals surface area (Å²) in [5.74, 6) is 0.191. The molecule has 3 aromatic rings. The van der Waals surface area contributed by atoms with E-state index in [0.29, 0.717) is 6.54 Å². The molecule has 4 nitrogen and oxygen atoms in total. The third kappa shape index (κ3) is 2.36. The highest BCUT2D eigenvalue weighted by atomic mass is 32.1. The molecule has 0 aliphatic carbocycles. The van der Waals surface area contributed by atoms with Gasteiger partial charge in [0, 0.05) is 5.69 Å². The zero-order valence-corrected chi connectivity index (χ0v) is 13.4. The molecule has 0 saturated carbocycles. The third-order valence-corrected chi connectivity index (χ3v) is 5.09. The fourth-order valence-corrected chi connectivity index (χ4v) is 3.71. The van der Waals surface area contributed by atoms with E-state index in [-0.39, 0.29) is 5.78 Å². The van der Waals surface area contributed by atoms with Crippen LogP contribution in [-0.2, 0) is 0 Å². The first kappa shape index (κ1) is 14.2. The summed E-state index contributed by atoms with van der Waals surface area (Å²) in [4.78, 5) is 21.0. The van der Waals surface area contributed by atoms with Crippen molar-refractivity contribution in [1.29, 1.82) is 0 Å². The number of likely N-dealkylation sites (N-methyl/N-ethyl adjacent to an activating group) is 1. The maximum Gasteiger partial charge on any atom is 0.195 e. The number of hydrogen-bond acceptors (Lipinski definition) is 4. The van der Waals surface area contributed by atoms with Crippen LogP contribution in [0.25, 0.3) is 16.0 Å². The minimum atomic E-state index is 0.191. The Balaban J connectivity index is 2.04. The molecule has 110 valence electrons. The Morgan fingerprint density at radius 1 is 1.29 bits per heavy atom. The van der Waals surface area contributed by atoms with Gasteiger partial charge in [0.2, 0.25) is 0 Å². The number of rotatable bonds is 5. The Morgan fingerprint density at radius 2 is 2.00 bits per heavy atom. The highest BCUT2D eigenvalue weighted by Crippen LogP contribution is 2.28. The van der Waals surface area contributed by atoms with E-state index in [1.807, 2.05) is 31.2 Å². The standard InChI is InChI=1S/C16H19N3OS/c1-4-18(5-2)10-14(20)15-11(3)19-13-9-7-6-8-12(13)17-16(19)21-15/h6-9H,4-5,10H2,1-3H3. The van der Waals surface area contributed by atoms with Gasteiger partial charge < -0.3 is 0 Å². The zero-order chi connectivity index (χ0) is 15.0. The molecule has 0 atom stereocenters. The summed E-state index contributed by atoms with van der Waals surface area (Å²) in [5.41, 5.74) is 3.05. The minimum Gasteiger partial charge on any atom is -0.296 e. The quantitative estimate of drug-likeness (QED) is 0.678. The van der Waals surface area contributed by atoms with Crippen molar-refractivity contribution in [3.8, 4) is 0 Å². The summed E-state index contributed by atoms with van der Waals surface area (Å²) in [6.45, 7) is 8.44. The molecule has 5 heteroatoms. The molecule has 0 aliphatic rings. The Hall–Kier alpha value is -1.72. The Kier molecular flexibility index (Phi) is 3.78. The van der Waals surface area contributed by atoms with Gasteiger partial charge in [-0.25, -0.2) is 4.98 Å². The average molecular weight is 301 g/mol. The summed E-state index contributed by atoms with van der Waals surface area (Å²) in [6.07, 6.45) is 0. The van der Waals surface area contributed by atoms with Crippen molar-refractivity contribution in [2.75, 3.05) is 19.6 Å². The van der Waals surface area contributed by atoms with Crippen molar-refractivity contribution in [3.63, 3.8) is 0 Å². The van der Waals surface area contributed by atoms with Gasteiger partial charge in [0.1, 0.15) is 0 Å². The van der Waals surface area contributed by atoms with E-state index in [1.165, 1.54) is 11.3 Å². The van der Waals surface area contributed by atoms with Crippen molar-refractivity contribution in [3.05, 3.63) is 34.8 Å². The summed E-state index contributed by atoms with van der Waals surface area (Å²) < 4.78 is 2.09. The molecule has 0 fully saturated rings. The van der Waals surface area contributed by atoms with E-state index in [4.69, 9.17) is 0 Å². The second-order valence-corrected chi connectivity index (χ2v) is 6.10. The first-order chi connectivity index (χ1) is 10.2. The highest BCUT2D eigenvalue weighted by molar-refractivity contribution is 7.19. The smallest absolute Gasteiger partial charge is 0.195 e. The van der Waals surface area contributed by atoms with Gasteiger partial charge >= 0.3 is 0 Å². The second-order valence-electron chi connectivity index (χ2n) is 5.12. The lowest BCUT2D eigenvalue weighted by molar-refractivity contribution is 0.0940. The molecule has 0 bridgehead atoms. The van der Waals surface area contributed by atoms with Crippen LogP contribution in [-0.4, -0.2) is 39.7 Å². The van der Waals surface area contributed by atoms with Crippen LogP contribution in [0.3, 0.4) is 0 Å². The van der Waals surface area contributed by atoms with Crippen LogP contribution >= 0.6 is 11.3 Å². The fraction of sp³-hybridized carbons (Fsp3) is 0.375. The molecule has 0 radical (unpaired) electrons. The van der Waals surface area contributed by atoms with Crippen LogP contribution in [0.2, 0.25) is 0 Å². The van der Waals surface area contributed by atoms with E-state index in [9.17, 15) is 4.79 Å². The van der Waals surface area contributed by atoms with Gasteiger partial charge in [-0.15, -0.1) is 0 Å². The number of benzene rings is 1. The summed E-state index contributed by atoms with van der Waals surface area (Å²) in [7, 11) is 0. The van der Waals surface area contributed by atoms with Crippen LogP contribution < -0.4 is 0 Å². The lowest BCUT2D eigenvalue weighted by atomic mass is 10.2. The number of ketones is 1. The van der Waals surface area contributed by atoms with Crippen LogP contribution in [0.4, 0.5) is 0 Å². The van der Waals surface area contributed by atoms with Crippen LogP contribution in [0.5, 0.6) is 0 Å². The fourth-order valence-electron chi connectivity index (χ4n) is 2.64. The third-order valence-electron chi connectivity index (χ3n) is 3.90. The van der Waals surface area contributed by atoms with Crippen molar-refractivity contribution in [1.82, 2.24) is 14.3 Å². The van der Waals surface area contributed by atoms with Crippen molar-refractivity contribution < 1.29 is 4.79 Å². The highest BCUT2D eigenvalue weighted by Gasteiger charge is 2.19. The molecule has 2 aromatic heterocycles. The number of aryl methyl sites for hydroxylation is 1. The molecular formula is C16H19N3OS. The van der Waals surface area contributed by atoms with Crippen LogP contribution in [0.15, 0.2) is 24.3 Å². The van der Waals surface area contributed by atoms with Gasteiger partial charge in [0.25, 0.3) is 0 Å². The van der Waals surface area contributed by atoms with Gasteiger partial charge in [-0.05, 0) is 32.1 Å². The lowest BCUT2D eigenvalue weighted by Gasteiger charge is -2.16. The predicted octanol–water partition coefficient (Wildman–Crippen LogP) is 3.38. The van der Waals surface area contributed by atoms with Crippen molar-refractivity contribution in [2.24, 2.45) is 0 Å². The minimum absolute atomic E-state index is 0.191. The van der Waals surface area contributed by atoms with E-state index < -0.39 is 0 Å². The normalized spacial score (nSPS) is 11.8. The molecule has 3 rings (SSSR count). The summed E-state index contributed by atoms with van der Waals surface area (Å²) in [6, 6.07) is 8.05. The summed E-state index contributed by atoms with van der Waals surface area (Å²) >= 11 is 1.50. The Bertz CT molecular complexity index is 798. The number of carbonyl (C=O) groups excluding carboxylic acids is 1. The number of hydrogen-bond donors (Lipinski definition) is 0. The van der Waals surface area contributed by atoms with E-state index >= 15 is 0 Å². The van der Waals surface area contributed by atoms with Crippen molar-refractivity contribution in [2.45, 2.75) is 20.8 Å². The number of aromatic nitrogens is 2. The van der Waals surface area contributed by atoms with Crippen LogP contribution in [0.1, 0.15) is 29.2 Å². The van der Waals surface area contributed by atoms with Crippen LogP contribution in [0, 0.1) is 6.92 Å². The summed E-state index contributed by atoms with van der Waals surface area (Å²) in [5, 5.41) is 0. The number of imidazole rings is 1. The number of fused-ring (bicyclic) bond motifs is 3. The van der Waals surface area contributed by atoms with Gasteiger partial charge in [-0.2, -0.15) is 0 Å². The topological polar surface area (TPSA) is 37.6 Å². The molecule has 0 amide bonds. The van der Waals surface area contributed by atoms with E-state index in [0.717, 1.165) is 39.7 Å². The molecule has 0 aliphatic heterocycles. The van der Waals surface area contributed by atoms with Gasteiger partial charge in [-0.1, -0.05) is 37.3 Å². The lowest BCUT2D eigenvalue weighted by Crippen LogP contribution is -2.29. The Labute approximate surface area is 128 Å². The number of Topliss-reactive ketones (excluding diaryl/α,β-unsaturated/α-hetero) is 1.